The van der Waals surface area contributed by atoms with Gasteiger partial charge in [0.05, 0.1) is 11.8 Å². The molecule has 6 nitrogen and oxygen atoms in total. The van der Waals surface area contributed by atoms with Crippen LogP contribution in [0, 0.1) is 18.8 Å². The third kappa shape index (κ3) is 3.90. The molecule has 1 aromatic heterocycles. The fourth-order valence-corrected chi connectivity index (χ4v) is 2.47. The predicted molar refractivity (Wildman–Crippen MR) is 84.8 cm³/mol. The lowest BCUT2D eigenvalue weighted by atomic mass is 10.2. The Balaban J connectivity index is 1.46. The molecule has 2 unspecified atom stereocenters. The van der Waals surface area contributed by atoms with Crippen molar-refractivity contribution in [1.82, 2.24) is 10.5 Å². The molecule has 7 heteroatoms. The number of anilines is 1. The highest BCUT2D eigenvalue weighted by Gasteiger charge is 2.48. The Morgan fingerprint density at radius 1 is 1.26 bits per heavy atom. The maximum absolute atomic E-state index is 12.1. The van der Waals surface area contributed by atoms with Crippen LogP contribution in [0.4, 0.5) is 5.82 Å². The Bertz CT molecular complexity index is 726. The number of nitrogens with zero attached hydrogens (tertiary/aromatic N) is 1. The summed E-state index contributed by atoms with van der Waals surface area (Å²) in [5.74, 6) is 0.0852. The van der Waals surface area contributed by atoms with E-state index in [2.05, 4.69) is 15.8 Å². The normalized spacial score (nSPS) is 19.2. The third-order valence-corrected chi connectivity index (χ3v) is 3.98. The Labute approximate surface area is 138 Å². The van der Waals surface area contributed by atoms with Gasteiger partial charge in [-0.05, 0) is 31.0 Å². The van der Waals surface area contributed by atoms with Gasteiger partial charge in [0.1, 0.15) is 5.76 Å². The maximum Gasteiger partial charge on any atom is 0.229 e. The molecule has 0 radical (unpaired) electrons. The minimum atomic E-state index is -0.308. The van der Waals surface area contributed by atoms with Gasteiger partial charge < -0.3 is 15.2 Å². The van der Waals surface area contributed by atoms with Gasteiger partial charge in [0.2, 0.25) is 11.8 Å². The minimum absolute atomic E-state index is 0.114. The summed E-state index contributed by atoms with van der Waals surface area (Å²) in [6.45, 7) is 2.16. The summed E-state index contributed by atoms with van der Waals surface area (Å²) in [5.41, 5.74) is 0.961. The Hall–Kier alpha value is -2.34. The first kappa shape index (κ1) is 15.6. The number of carbonyl (C=O) groups is 2. The highest BCUT2D eigenvalue weighted by atomic mass is 35.5. The molecule has 1 aliphatic rings. The molecule has 0 saturated heterocycles. The number of carbonyl (C=O) groups excluding carboxylic acids is 2. The van der Waals surface area contributed by atoms with Crippen molar-refractivity contribution in [1.29, 1.82) is 0 Å². The second-order valence-corrected chi connectivity index (χ2v) is 6.04. The van der Waals surface area contributed by atoms with Gasteiger partial charge in [-0.1, -0.05) is 28.9 Å². The molecule has 1 aromatic carbocycles. The summed E-state index contributed by atoms with van der Waals surface area (Å²) in [5, 5.41) is 9.84. The quantitative estimate of drug-likeness (QED) is 0.880. The minimum Gasteiger partial charge on any atom is -0.360 e. The van der Waals surface area contributed by atoms with Gasteiger partial charge >= 0.3 is 0 Å². The number of aryl methyl sites for hydroxylation is 1. The van der Waals surface area contributed by atoms with Gasteiger partial charge in [-0.25, -0.2) is 0 Å². The molecule has 2 aromatic rings. The first-order valence-electron chi connectivity index (χ1n) is 7.29. The molecule has 2 atom stereocenters. The first-order chi connectivity index (χ1) is 11.0. The Morgan fingerprint density at radius 2 is 1.96 bits per heavy atom. The zero-order valence-electron chi connectivity index (χ0n) is 12.5. The molecule has 120 valence electrons. The van der Waals surface area contributed by atoms with Gasteiger partial charge in [0.25, 0.3) is 0 Å². The summed E-state index contributed by atoms with van der Waals surface area (Å²) < 4.78 is 4.88. The van der Waals surface area contributed by atoms with Crippen LogP contribution >= 0.6 is 11.6 Å². The average Bonchev–Trinajstić information content (AvgIpc) is 3.24. The number of benzene rings is 1. The number of nitrogens with one attached hydrogen (secondary N) is 2. The summed E-state index contributed by atoms with van der Waals surface area (Å²) in [4.78, 5) is 24.1. The van der Waals surface area contributed by atoms with Gasteiger partial charge in [-0.15, -0.1) is 0 Å². The van der Waals surface area contributed by atoms with Crippen LogP contribution in [-0.2, 0) is 16.1 Å². The first-order valence-corrected chi connectivity index (χ1v) is 7.67. The molecule has 0 spiro atoms. The van der Waals surface area contributed by atoms with Crippen molar-refractivity contribution < 1.29 is 14.1 Å². The molecule has 0 aliphatic heterocycles. The van der Waals surface area contributed by atoms with E-state index in [1.807, 2.05) is 12.1 Å². The lowest BCUT2D eigenvalue weighted by Crippen LogP contribution is -2.27. The molecule has 2 amide bonds. The standard InChI is InChI=1S/C16H16ClN3O3/c1-9-6-14(20-23-9)19-16(22)13-7-12(13)15(21)18-8-10-2-4-11(17)5-3-10/h2-6,12-13H,7-8H2,1H3,(H,18,21)(H,19,20,22). The van der Waals surface area contributed by atoms with Crippen molar-refractivity contribution in [3.05, 3.63) is 46.7 Å². The van der Waals surface area contributed by atoms with Gasteiger partial charge in [0.15, 0.2) is 5.82 Å². The predicted octanol–water partition coefficient (Wildman–Crippen LogP) is 2.53. The fourth-order valence-electron chi connectivity index (χ4n) is 2.34. The lowest BCUT2D eigenvalue weighted by Gasteiger charge is -2.05. The highest BCUT2D eigenvalue weighted by molar-refractivity contribution is 6.30. The smallest absolute Gasteiger partial charge is 0.229 e. The molecule has 3 rings (SSSR count). The van der Waals surface area contributed by atoms with Crippen molar-refractivity contribution in [2.75, 3.05) is 5.32 Å². The summed E-state index contributed by atoms with van der Waals surface area (Å²) in [7, 11) is 0. The van der Waals surface area contributed by atoms with Crippen LogP contribution < -0.4 is 10.6 Å². The zero-order chi connectivity index (χ0) is 16.4. The van der Waals surface area contributed by atoms with Crippen LogP contribution in [0.15, 0.2) is 34.9 Å². The fraction of sp³-hybridized carbons (Fsp3) is 0.312. The van der Waals surface area contributed by atoms with E-state index in [-0.39, 0.29) is 23.7 Å². The van der Waals surface area contributed by atoms with E-state index in [9.17, 15) is 9.59 Å². The van der Waals surface area contributed by atoms with E-state index in [0.29, 0.717) is 29.6 Å². The molecule has 1 saturated carbocycles. The number of hydrogen-bond acceptors (Lipinski definition) is 4. The van der Waals surface area contributed by atoms with Crippen LogP contribution in [0.25, 0.3) is 0 Å². The van der Waals surface area contributed by atoms with Crippen molar-refractivity contribution >= 4 is 29.2 Å². The number of rotatable bonds is 5. The second-order valence-electron chi connectivity index (χ2n) is 5.61. The monoisotopic (exact) mass is 333 g/mol. The zero-order valence-corrected chi connectivity index (χ0v) is 13.3. The molecule has 1 fully saturated rings. The van der Waals surface area contributed by atoms with Gasteiger partial charge in [-0.3, -0.25) is 9.59 Å². The number of aromatic nitrogens is 1. The molecule has 1 heterocycles. The lowest BCUT2D eigenvalue weighted by molar-refractivity contribution is -0.125. The highest BCUT2D eigenvalue weighted by Crippen LogP contribution is 2.39. The van der Waals surface area contributed by atoms with E-state index in [1.54, 1.807) is 25.1 Å². The van der Waals surface area contributed by atoms with Crippen LogP contribution in [0.2, 0.25) is 5.02 Å². The van der Waals surface area contributed by atoms with Gasteiger partial charge in [-0.2, -0.15) is 0 Å². The van der Waals surface area contributed by atoms with Crippen LogP contribution in [-0.4, -0.2) is 17.0 Å². The maximum atomic E-state index is 12.1. The van der Waals surface area contributed by atoms with Crippen LogP contribution in [0.5, 0.6) is 0 Å². The van der Waals surface area contributed by atoms with E-state index in [0.717, 1.165) is 5.56 Å². The molecule has 0 bridgehead atoms. The SMILES string of the molecule is Cc1cc(NC(=O)C2CC2C(=O)NCc2ccc(Cl)cc2)no1. The van der Waals surface area contributed by atoms with Crippen LogP contribution in [0.3, 0.4) is 0 Å². The average molecular weight is 334 g/mol. The van der Waals surface area contributed by atoms with Crippen molar-refractivity contribution in [3.63, 3.8) is 0 Å². The van der Waals surface area contributed by atoms with Crippen molar-refractivity contribution in [3.8, 4) is 0 Å². The van der Waals surface area contributed by atoms with E-state index in [1.165, 1.54) is 0 Å². The van der Waals surface area contributed by atoms with E-state index >= 15 is 0 Å². The number of hydrogen-bond donors (Lipinski definition) is 2. The summed E-state index contributed by atoms with van der Waals surface area (Å²) in [6, 6.07) is 8.89. The molecule has 23 heavy (non-hydrogen) atoms. The molecule has 2 N–H and O–H groups in total. The Morgan fingerprint density at radius 3 is 2.61 bits per heavy atom. The molecular weight excluding hydrogens is 318 g/mol. The van der Waals surface area contributed by atoms with E-state index in [4.69, 9.17) is 16.1 Å². The number of amides is 2. The Kier molecular flexibility index (Phi) is 4.34. The molecule has 1 aliphatic carbocycles. The van der Waals surface area contributed by atoms with Crippen LogP contribution in [0.1, 0.15) is 17.7 Å². The van der Waals surface area contributed by atoms with Crippen molar-refractivity contribution in [2.45, 2.75) is 19.9 Å². The van der Waals surface area contributed by atoms with Crippen molar-refractivity contribution in [2.24, 2.45) is 11.8 Å². The largest absolute Gasteiger partial charge is 0.360 e. The van der Waals surface area contributed by atoms with E-state index < -0.39 is 0 Å². The van der Waals surface area contributed by atoms with Gasteiger partial charge in [0, 0.05) is 17.6 Å². The summed E-state index contributed by atoms with van der Waals surface area (Å²) >= 11 is 5.81. The third-order valence-electron chi connectivity index (χ3n) is 3.72. The second kappa shape index (κ2) is 6.42. The molecular formula is C16H16ClN3O3. The summed E-state index contributed by atoms with van der Waals surface area (Å²) in [6.07, 6.45) is 0.551. The topological polar surface area (TPSA) is 84.2 Å². The number of halogens is 1.